The van der Waals surface area contributed by atoms with Crippen LogP contribution in [0.15, 0.2) is 30.3 Å². The lowest BCUT2D eigenvalue weighted by Crippen LogP contribution is -2.57. The molecule has 0 aliphatic rings. The van der Waals surface area contributed by atoms with Crippen LogP contribution >= 0.6 is 0 Å². The first-order chi connectivity index (χ1) is 7.67. The average Bonchev–Trinajstić information content (AvgIpc) is 2.27. The summed E-state index contributed by atoms with van der Waals surface area (Å²) in [4.78, 5) is 0. The van der Waals surface area contributed by atoms with Crippen molar-refractivity contribution in [2.24, 2.45) is 0 Å². The average molecular weight is 251 g/mol. The van der Waals surface area contributed by atoms with Crippen LogP contribution in [-0.4, -0.2) is 13.2 Å². The van der Waals surface area contributed by atoms with Gasteiger partial charge in [0.15, 0.2) is 13.3 Å². The van der Waals surface area contributed by atoms with E-state index >= 15 is 0 Å². The van der Waals surface area contributed by atoms with Gasteiger partial charge in [-0.25, -0.2) is 0 Å². The SMILES string of the molecule is CCC([OH2+])(c1ccccc1)[Si](C)(C)C(C)(C)C. The monoisotopic (exact) mass is 251 g/mol. The smallest absolute Gasteiger partial charge is 0.166 e. The summed E-state index contributed by atoms with van der Waals surface area (Å²) < 4.78 is 0. The zero-order valence-electron chi connectivity index (χ0n) is 12.1. The van der Waals surface area contributed by atoms with Crippen LogP contribution in [-0.2, 0) is 5.22 Å². The molecule has 17 heavy (non-hydrogen) atoms. The fourth-order valence-corrected chi connectivity index (χ4v) is 5.42. The molecule has 0 saturated carbocycles. The van der Waals surface area contributed by atoms with Gasteiger partial charge in [-0.3, -0.25) is 0 Å². The minimum atomic E-state index is -1.73. The molecule has 0 fully saturated rings. The third-order valence-corrected chi connectivity index (χ3v) is 11.3. The summed E-state index contributed by atoms with van der Waals surface area (Å²) in [5.41, 5.74) is 1.19. The molecule has 0 aromatic heterocycles. The Labute approximate surface area is 107 Å². The second kappa shape index (κ2) is 4.58. The van der Waals surface area contributed by atoms with Gasteiger partial charge < -0.3 is 5.11 Å². The Morgan fingerprint density at radius 3 is 1.88 bits per heavy atom. The largest absolute Gasteiger partial charge is 0.441 e. The third kappa shape index (κ3) is 2.34. The van der Waals surface area contributed by atoms with E-state index in [2.05, 4.69) is 65.1 Å². The first-order valence-corrected chi connectivity index (χ1v) is 9.47. The van der Waals surface area contributed by atoms with E-state index in [4.69, 9.17) is 5.11 Å². The highest BCUT2D eigenvalue weighted by Crippen LogP contribution is 2.48. The molecule has 0 radical (unpaired) electrons. The summed E-state index contributed by atoms with van der Waals surface area (Å²) in [7, 11) is -1.73. The van der Waals surface area contributed by atoms with E-state index in [0.717, 1.165) is 6.42 Å². The standard InChI is InChI=1S/C15H26OSi/c1-7-15(16,13-11-9-8-10-12-13)17(5,6)14(2,3)4/h8-12,16H,7H2,1-6H3/p+1. The lowest BCUT2D eigenvalue weighted by atomic mass is 10.1. The van der Waals surface area contributed by atoms with Crippen molar-refractivity contribution < 1.29 is 5.11 Å². The van der Waals surface area contributed by atoms with Crippen LogP contribution in [0.3, 0.4) is 0 Å². The zero-order valence-corrected chi connectivity index (χ0v) is 13.1. The van der Waals surface area contributed by atoms with Gasteiger partial charge in [0.25, 0.3) is 0 Å². The van der Waals surface area contributed by atoms with Crippen molar-refractivity contribution in [3.63, 3.8) is 0 Å². The molecule has 1 aromatic carbocycles. The van der Waals surface area contributed by atoms with Crippen LogP contribution in [0, 0.1) is 0 Å². The van der Waals surface area contributed by atoms with Crippen molar-refractivity contribution in [2.45, 2.75) is 57.5 Å². The van der Waals surface area contributed by atoms with Crippen molar-refractivity contribution in [3.05, 3.63) is 35.9 Å². The molecule has 1 atom stereocenters. The highest BCUT2D eigenvalue weighted by atomic mass is 28.3. The Balaban J connectivity index is 3.31. The van der Waals surface area contributed by atoms with Gasteiger partial charge in [0.05, 0.1) is 0 Å². The number of benzene rings is 1. The predicted molar refractivity (Wildman–Crippen MR) is 79.2 cm³/mol. The lowest BCUT2D eigenvalue weighted by molar-refractivity contribution is 0.104. The normalized spacial score (nSPS) is 16.6. The Morgan fingerprint density at radius 2 is 1.53 bits per heavy atom. The van der Waals surface area contributed by atoms with E-state index in [1.165, 1.54) is 5.56 Å². The summed E-state index contributed by atoms with van der Waals surface area (Å²) in [6, 6.07) is 10.4. The van der Waals surface area contributed by atoms with Crippen LogP contribution in [0.25, 0.3) is 0 Å². The molecular formula is C15H27OSi+. The molecule has 0 amide bonds. The molecule has 2 N–H and O–H groups in total. The maximum atomic E-state index is 9.03. The van der Waals surface area contributed by atoms with Crippen LogP contribution in [0.1, 0.15) is 39.7 Å². The topological polar surface area (TPSA) is 22.9 Å². The second-order valence-electron chi connectivity index (χ2n) is 6.50. The second-order valence-corrected chi connectivity index (χ2v) is 12.1. The summed E-state index contributed by atoms with van der Waals surface area (Å²) in [6.45, 7) is 13.7. The molecule has 0 aliphatic heterocycles. The van der Waals surface area contributed by atoms with Crippen LogP contribution in [0.5, 0.6) is 0 Å². The fraction of sp³-hybridized carbons (Fsp3) is 0.600. The highest BCUT2D eigenvalue weighted by molar-refractivity contribution is 6.82. The van der Waals surface area contributed by atoms with E-state index in [0.29, 0.717) is 0 Å². The van der Waals surface area contributed by atoms with E-state index in [1.807, 2.05) is 6.07 Å². The Kier molecular flexibility index (Phi) is 3.90. The Morgan fingerprint density at radius 1 is 1.06 bits per heavy atom. The first-order valence-electron chi connectivity index (χ1n) is 6.47. The van der Waals surface area contributed by atoms with E-state index in [-0.39, 0.29) is 5.04 Å². The lowest BCUT2D eigenvalue weighted by Gasteiger charge is -2.45. The fourth-order valence-electron chi connectivity index (χ4n) is 2.37. The third-order valence-electron chi connectivity index (χ3n) is 4.74. The van der Waals surface area contributed by atoms with Gasteiger partial charge in [0.1, 0.15) is 0 Å². The molecule has 96 valence electrons. The minimum Gasteiger partial charge on any atom is -0.441 e. The first kappa shape index (κ1) is 14.5. The van der Waals surface area contributed by atoms with Gasteiger partial charge in [-0.1, -0.05) is 71.1 Å². The molecule has 0 aliphatic carbocycles. The van der Waals surface area contributed by atoms with Crippen LogP contribution < -0.4 is 0 Å². The Hall–Kier alpha value is -0.603. The van der Waals surface area contributed by atoms with E-state index in [9.17, 15) is 0 Å². The molecule has 1 aromatic rings. The summed E-state index contributed by atoms with van der Waals surface area (Å²) in [5.74, 6) is 0. The van der Waals surface area contributed by atoms with Crippen molar-refractivity contribution in [3.8, 4) is 0 Å². The Bertz CT molecular complexity index is 364. The zero-order chi connectivity index (χ0) is 13.3. The van der Waals surface area contributed by atoms with Gasteiger partial charge >= 0.3 is 0 Å². The number of hydrogen-bond acceptors (Lipinski definition) is 0. The van der Waals surface area contributed by atoms with E-state index < -0.39 is 13.3 Å². The van der Waals surface area contributed by atoms with Crippen molar-refractivity contribution in [2.75, 3.05) is 0 Å². The highest BCUT2D eigenvalue weighted by Gasteiger charge is 2.56. The van der Waals surface area contributed by atoms with Gasteiger partial charge in [-0.2, -0.15) is 0 Å². The van der Waals surface area contributed by atoms with Crippen LogP contribution in [0.2, 0.25) is 18.1 Å². The van der Waals surface area contributed by atoms with Crippen LogP contribution in [0.4, 0.5) is 0 Å². The number of rotatable bonds is 3. The van der Waals surface area contributed by atoms with Gasteiger partial charge in [-0.05, 0) is 5.04 Å². The summed E-state index contributed by atoms with van der Waals surface area (Å²) in [5, 5.41) is 8.87. The van der Waals surface area contributed by atoms with Gasteiger partial charge in [0.2, 0.25) is 0 Å². The van der Waals surface area contributed by atoms with Crippen molar-refractivity contribution in [1.82, 2.24) is 0 Å². The van der Waals surface area contributed by atoms with Crippen molar-refractivity contribution in [1.29, 1.82) is 0 Å². The maximum Gasteiger partial charge on any atom is 0.166 e. The molecule has 1 nitrogen and oxygen atoms in total. The summed E-state index contributed by atoms with van der Waals surface area (Å²) >= 11 is 0. The molecule has 0 heterocycles. The maximum absolute atomic E-state index is 9.03. The summed E-state index contributed by atoms with van der Waals surface area (Å²) in [6.07, 6.45) is 0.896. The predicted octanol–water partition coefficient (Wildman–Crippen LogP) is 4.06. The molecule has 0 saturated heterocycles. The van der Waals surface area contributed by atoms with Crippen molar-refractivity contribution >= 4 is 8.07 Å². The molecule has 0 spiro atoms. The number of hydrogen-bond donors (Lipinski definition) is 0. The molecule has 0 bridgehead atoms. The van der Waals surface area contributed by atoms with E-state index in [1.54, 1.807) is 0 Å². The quantitative estimate of drug-likeness (QED) is 0.571. The molecule has 1 unspecified atom stereocenters. The minimum absolute atomic E-state index is 0.237. The van der Waals surface area contributed by atoms with Gasteiger partial charge in [0, 0.05) is 12.0 Å². The molecule has 2 heteroatoms. The van der Waals surface area contributed by atoms with Gasteiger partial charge in [-0.15, -0.1) is 0 Å². The molecular weight excluding hydrogens is 224 g/mol. The molecule has 1 rings (SSSR count).